The second kappa shape index (κ2) is 5.27. The molecule has 1 aromatic rings. The number of aromatic carboxylic acids is 1. The van der Waals surface area contributed by atoms with Crippen molar-refractivity contribution in [3.05, 3.63) is 23.8 Å². The first kappa shape index (κ1) is 12.7. The molecule has 1 fully saturated rings. The van der Waals surface area contributed by atoms with Crippen molar-refractivity contribution in [3.63, 3.8) is 0 Å². The van der Waals surface area contributed by atoms with Gasteiger partial charge in [-0.1, -0.05) is 6.92 Å². The van der Waals surface area contributed by atoms with Crippen molar-refractivity contribution in [1.29, 1.82) is 0 Å². The number of carbonyl (C=O) groups is 1. The molecule has 98 valence electrons. The average Bonchev–Trinajstić information content (AvgIpc) is 2.38. The molecule has 0 aromatic heterocycles. The Balaban J connectivity index is 2.39. The van der Waals surface area contributed by atoms with Gasteiger partial charge in [-0.15, -0.1) is 0 Å². The Bertz CT molecular complexity index is 448. The first-order valence-corrected chi connectivity index (χ1v) is 6.10. The number of nitrogen functional groups attached to an aromatic ring is 1. The van der Waals surface area contributed by atoms with Gasteiger partial charge in [-0.05, 0) is 24.6 Å². The molecule has 0 bridgehead atoms. The van der Waals surface area contributed by atoms with Crippen LogP contribution >= 0.6 is 0 Å². The van der Waals surface area contributed by atoms with Crippen molar-refractivity contribution in [2.45, 2.75) is 19.4 Å². The summed E-state index contributed by atoms with van der Waals surface area (Å²) in [5.41, 5.74) is 7.11. The van der Waals surface area contributed by atoms with E-state index in [0.717, 1.165) is 12.1 Å². The van der Waals surface area contributed by atoms with E-state index in [1.54, 1.807) is 12.1 Å². The Morgan fingerprint density at radius 2 is 2.39 bits per heavy atom. The molecule has 0 amide bonds. The zero-order valence-corrected chi connectivity index (χ0v) is 10.4. The van der Waals surface area contributed by atoms with Crippen molar-refractivity contribution in [2.24, 2.45) is 0 Å². The quantitative estimate of drug-likeness (QED) is 0.797. The second-order valence-corrected chi connectivity index (χ2v) is 4.41. The topological polar surface area (TPSA) is 75.8 Å². The van der Waals surface area contributed by atoms with Crippen LogP contribution in [0.25, 0.3) is 0 Å². The predicted molar refractivity (Wildman–Crippen MR) is 70.1 cm³/mol. The van der Waals surface area contributed by atoms with Crippen LogP contribution in [0.4, 0.5) is 11.4 Å². The number of benzene rings is 1. The third-order valence-electron chi connectivity index (χ3n) is 3.26. The number of carboxylic acids is 1. The Labute approximate surface area is 106 Å². The molecular weight excluding hydrogens is 232 g/mol. The van der Waals surface area contributed by atoms with Gasteiger partial charge in [-0.3, -0.25) is 0 Å². The molecule has 1 aromatic carbocycles. The number of rotatable bonds is 3. The van der Waals surface area contributed by atoms with Gasteiger partial charge in [0.1, 0.15) is 0 Å². The van der Waals surface area contributed by atoms with Crippen LogP contribution in [-0.2, 0) is 4.74 Å². The molecule has 1 unspecified atom stereocenters. The van der Waals surface area contributed by atoms with Crippen molar-refractivity contribution in [1.82, 2.24) is 0 Å². The van der Waals surface area contributed by atoms with E-state index in [1.165, 1.54) is 6.07 Å². The van der Waals surface area contributed by atoms with E-state index in [0.29, 0.717) is 25.4 Å². The van der Waals surface area contributed by atoms with E-state index in [-0.39, 0.29) is 11.6 Å². The lowest BCUT2D eigenvalue weighted by atomic mass is 10.1. The molecular formula is C13H18N2O3. The highest BCUT2D eigenvalue weighted by Gasteiger charge is 2.25. The molecule has 0 saturated carbocycles. The summed E-state index contributed by atoms with van der Waals surface area (Å²) in [6.45, 7) is 4.05. The van der Waals surface area contributed by atoms with Gasteiger partial charge < -0.3 is 20.5 Å². The molecule has 1 saturated heterocycles. The highest BCUT2D eigenvalue weighted by Crippen LogP contribution is 2.27. The average molecular weight is 250 g/mol. The van der Waals surface area contributed by atoms with Crippen LogP contribution in [0.2, 0.25) is 0 Å². The van der Waals surface area contributed by atoms with Crippen LogP contribution in [-0.4, -0.2) is 36.9 Å². The maximum Gasteiger partial charge on any atom is 0.337 e. The van der Waals surface area contributed by atoms with Gasteiger partial charge in [-0.2, -0.15) is 0 Å². The first-order chi connectivity index (χ1) is 8.63. The van der Waals surface area contributed by atoms with Gasteiger partial charge in [0, 0.05) is 12.2 Å². The summed E-state index contributed by atoms with van der Waals surface area (Å²) in [5.74, 6) is -0.946. The number of anilines is 2. The number of morpholine rings is 1. The SMILES string of the molecule is CCC1COCCN1c1ccc(N)cc1C(=O)O. The first-order valence-electron chi connectivity index (χ1n) is 6.10. The maximum atomic E-state index is 11.3. The number of nitrogens with two attached hydrogens (primary N) is 1. The summed E-state index contributed by atoms with van der Waals surface area (Å²) in [4.78, 5) is 13.4. The van der Waals surface area contributed by atoms with E-state index in [4.69, 9.17) is 10.5 Å². The fourth-order valence-electron chi connectivity index (χ4n) is 2.29. The Morgan fingerprint density at radius 1 is 1.61 bits per heavy atom. The molecule has 5 heteroatoms. The summed E-state index contributed by atoms with van der Waals surface area (Å²) in [6, 6.07) is 5.26. The molecule has 1 aliphatic heterocycles. The van der Waals surface area contributed by atoms with Gasteiger partial charge in [-0.25, -0.2) is 4.79 Å². The number of hydrogen-bond acceptors (Lipinski definition) is 4. The molecule has 18 heavy (non-hydrogen) atoms. The smallest absolute Gasteiger partial charge is 0.337 e. The van der Waals surface area contributed by atoms with E-state index >= 15 is 0 Å². The van der Waals surface area contributed by atoms with Crippen molar-refractivity contribution >= 4 is 17.3 Å². The van der Waals surface area contributed by atoms with Crippen molar-refractivity contribution in [2.75, 3.05) is 30.4 Å². The van der Waals surface area contributed by atoms with Crippen LogP contribution in [0, 0.1) is 0 Å². The third-order valence-corrected chi connectivity index (χ3v) is 3.26. The highest BCUT2D eigenvalue weighted by atomic mass is 16.5. The summed E-state index contributed by atoms with van der Waals surface area (Å²) in [5, 5.41) is 9.27. The minimum Gasteiger partial charge on any atom is -0.478 e. The minimum atomic E-state index is -0.946. The molecule has 0 spiro atoms. The molecule has 0 radical (unpaired) electrons. The molecule has 5 nitrogen and oxygen atoms in total. The van der Waals surface area contributed by atoms with Crippen molar-refractivity contribution < 1.29 is 14.6 Å². The van der Waals surface area contributed by atoms with E-state index in [1.807, 2.05) is 0 Å². The fraction of sp³-hybridized carbons (Fsp3) is 0.462. The summed E-state index contributed by atoms with van der Waals surface area (Å²) in [6.07, 6.45) is 0.920. The molecule has 3 N–H and O–H groups in total. The molecule has 0 aliphatic carbocycles. The molecule has 1 atom stereocenters. The summed E-state index contributed by atoms with van der Waals surface area (Å²) >= 11 is 0. The zero-order valence-electron chi connectivity index (χ0n) is 10.4. The van der Waals surface area contributed by atoms with Gasteiger partial charge in [0.15, 0.2) is 0 Å². The normalized spacial score (nSPS) is 19.8. The van der Waals surface area contributed by atoms with Crippen molar-refractivity contribution in [3.8, 4) is 0 Å². The zero-order chi connectivity index (χ0) is 13.1. The van der Waals surface area contributed by atoms with Gasteiger partial charge in [0.05, 0.1) is 30.5 Å². The summed E-state index contributed by atoms with van der Waals surface area (Å²) in [7, 11) is 0. The lowest BCUT2D eigenvalue weighted by molar-refractivity contribution is 0.0694. The third kappa shape index (κ3) is 2.41. The van der Waals surface area contributed by atoms with Crippen LogP contribution in [0.5, 0.6) is 0 Å². The maximum absolute atomic E-state index is 11.3. The van der Waals surface area contributed by atoms with E-state index in [2.05, 4.69) is 11.8 Å². The van der Waals surface area contributed by atoms with E-state index < -0.39 is 5.97 Å². The van der Waals surface area contributed by atoms with Crippen LogP contribution in [0.3, 0.4) is 0 Å². The monoisotopic (exact) mass is 250 g/mol. The van der Waals surface area contributed by atoms with Crippen LogP contribution in [0.15, 0.2) is 18.2 Å². The highest BCUT2D eigenvalue weighted by molar-refractivity contribution is 5.95. The number of ether oxygens (including phenoxy) is 1. The predicted octanol–water partition coefficient (Wildman–Crippen LogP) is 1.58. The number of nitrogens with zero attached hydrogens (tertiary/aromatic N) is 1. The minimum absolute atomic E-state index is 0.223. The number of carboxylic acid groups (broad SMARTS) is 1. The van der Waals surface area contributed by atoms with Gasteiger partial charge in [0.25, 0.3) is 0 Å². The summed E-state index contributed by atoms with van der Waals surface area (Å²) < 4.78 is 5.44. The van der Waals surface area contributed by atoms with E-state index in [9.17, 15) is 9.90 Å². The van der Waals surface area contributed by atoms with Crippen LogP contribution in [0.1, 0.15) is 23.7 Å². The Kier molecular flexibility index (Phi) is 3.72. The Hall–Kier alpha value is -1.75. The fourth-order valence-corrected chi connectivity index (χ4v) is 2.29. The standard InChI is InChI=1S/C13H18N2O3/c1-2-10-8-18-6-5-15(10)12-4-3-9(14)7-11(12)13(16)17/h3-4,7,10H,2,5-6,8,14H2,1H3,(H,16,17). The second-order valence-electron chi connectivity index (χ2n) is 4.41. The molecule has 2 rings (SSSR count). The lowest BCUT2D eigenvalue weighted by Crippen LogP contribution is -2.45. The van der Waals surface area contributed by atoms with Gasteiger partial charge in [0.2, 0.25) is 0 Å². The van der Waals surface area contributed by atoms with Gasteiger partial charge >= 0.3 is 5.97 Å². The number of hydrogen-bond donors (Lipinski definition) is 2. The largest absolute Gasteiger partial charge is 0.478 e. The molecule has 1 aliphatic rings. The lowest BCUT2D eigenvalue weighted by Gasteiger charge is -2.37. The molecule has 1 heterocycles. The Morgan fingerprint density at radius 3 is 3.06 bits per heavy atom. The van der Waals surface area contributed by atoms with Crippen LogP contribution < -0.4 is 10.6 Å².